The Morgan fingerprint density at radius 2 is 1.48 bits per heavy atom. The first kappa shape index (κ1) is 18.2. The molecule has 1 rings (SSSR count). The molecule has 0 saturated carbocycles. The standard InChI is InChI=1S/C18H28ClNO/c1-14(2)9-11-20(12-10-15(3)4)13-18(21)16-5-7-17(19)8-6-16/h5-8,14-15H,9-13H2,1-4H3. The third-order valence-corrected chi connectivity index (χ3v) is 3.83. The van der Waals surface area contributed by atoms with Crippen molar-refractivity contribution in [2.24, 2.45) is 11.8 Å². The van der Waals surface area contributed by atoms with E-state index in [0.717, 1.165) is 31.5 Å². The minimum atomic E-state index is 0.180. The summed E-state index contributed by atoms with van der Waals surface area (Å²) in [4.78, 5) is 14.7. The van der Waals surface area contributed by atoms with Crippen LogP contribution in [0.3, 0.4) is 0 Å². The fraction of sp³-hybridized carbons (Fsp3) is 0.611. The molecule has 1 aromatic rings. The van der Waals surface area contributed by atoms with E-state index in [1.807, 2.05) is 12.1 Å². The first-order valence-corrected chi connectivity index (χ1v) is 8.27. The van der Waals surface area contributed by atoms with E-state index in [1.54, 1.807) is 12.1 Å². The van der Waals surface area contributed by atoms with Gasteiger partial charge in [0.2, 0.25) is 0 Å². The highest BCUT2D eigenvalue weighted by atomic mass is 35.5. The molecule has 0 fully saturated rings. The summed E-state index contributed by atoms with van der Waals surface area (Å²) >= 11 is 5.87. The summed E-state index contributed by atoms with van der Waals surface area (Å²) in [5.41, 5.74) is 0.749. The van der Waals surface area contributed by atoms with Crippen molar-refractivity contribution in [3.63, 3.8) is 0 Å². The van der Waals surface area contributed by atoms with Gasteiger partial charge < -0.3 is 0 Å². The predicted molar refractivity (Wildman–Crippen MR) is 91.1 cm³/mol. The molecule has 0 radical (unpaired) electrons. The second kappa shape index (κ2) is 9.22. The van der Waals surface area contributed by atoms with Crippen molar-refractivity contribution in [1.82, 2.24) is 4.90 Å². The number of ketones is 1. The third kappa shape index (κ3) is 7.63. The molecule has 0 unspecified atom stereocenters. The molecule has 0 aliphatic carbocycles. The van der Waals surface area contributed by atoms with Crippen molar-refractivity contribution in [2.75, 3.05) is 19.6 Å². The predicted octanol–water partition coefficient (Wildman–Crippen LogP) is 4.92. The number of carbonyl (C=O) groups is 1. The lowest BCUT2D eigenvalue weighted by molar-refractivity contribution is 0.0923. The van der Waals surface area contributed by atoms with Crippen LogP contribution in [0, 0.1) is 11.8 Å². The summed E-state index contributed by atoms with van der Waals surface area (Å²) in [5, 5.41) is 0.669. The van der Waals surface area contributed by atoms with Gasteiger partial charge in [-0.3, -0.25) is 9.69 Å². The monoisotopic (exact) mass is 309 g/mol. The van der Waals surface area contributed by atoms with Crippen LogP contribution in [0.4, 0.5) is 0 Å². The number of halogens is 1. The van der Waals surface area contributed by atoms with Crippen molar-refractivity contribution in [3.05, 3.63) is 34.9 Å². The van der Waals surface area contributed by atoms with E-state index in [4.69, 9.17) is 11.6 Å². The number of benzene rings is 1. The molecule has 118 valence electrons. The Kier molecular flexibility index (Phi) is 7.98. The van der Waals surface area contributed by atoms with Crippen LogP contribution in [0.5, 0.6) is 0 Å². The smallest absolute Gasteiger partial charge is 0.176 e. The minimum absolute atomic E-state index is 0.180. The minimum Gasteiger partial charge on any atom is -0.296 e. The van der Waals surface area contributed by atoms with Crippen molar-refractivity contribution >= 4 is 17.4 Å². The van der Waals surface area contributed by atoms with Gasteiger partial charge in [0.05, 0.1) is 6.54 Å². The van der Waals surface area contributed by atoms with Gasteiger partial charge in [-0.2, -0.15) is 0 Å². The van der Waals surface area contributed by atoms with Gasteiger partial charge in [-0.25, -0.2) is 0 Å². The lowest BCUT2D eigenvalue weighted by atomic mass is 10.1. The highest BCUT2D eigenvalue weighted by molar-refractivity contribution is 6.30. The van der Waals surface area contributed by atoms with Crippen LogP contribution in [-0.2, 0) is 0 Å². The maximum Gasteiger partial charge on any atom is 0.176 e. The van der Waals surface area contributed by atoms with Gasteiger partial charge in [-0.15, -0.1) is 0 Å². The molecular weight excluding hydrogens is 282 g/mol. The van der Waals surface area contributed by atoms with Gasteiger partial charge in [0, 0.05) is 10.6 Å². The zero-order chi connectivity index (χ0) is 15.8. The average Bonchev–Trinajstić information content (AvgIpc) is 2.42. The van der Waals surface area contributed by atoms with Gasteiger partial charge in [-0.1, -0.05) is 39.3 Å². The Bertz CT molecular complexity index is 413. The molecule has 0 saturated heterocycles. The highest BCUT2D eigenvalue weighted by Gasteiger charge is 2.13. The van der Waals surface area contributed by atoms with E-state index in [2.05, 4.69) is 32.6 Å². The van der Waals surface area contributed by atoms with Gasteiger partial charge >= 0.3 is 0 Å². The Labute approximate surface area is 134 Å². The fourth-order valence-electron chi connectivity index (χ4n) is 2.08. The van der Waals surface area contributed by atoms with E-state index < -0.39 is 0 Å². The molecule has 2 nitrogen and oxygen atoms in total. The zero-order valence-corrected chi connectivity index (χ0v) is 14.5. The lowest BCUT2D eigenvalue weighted by Gasteiger charge is -2.23. The number of carbonyl (C=O) groups excluding carboxylic acids is 1. The quantitative estimate of drug-likeness (QED) is 0.604. The van der Waals surface area contributed by atoms with E-state index >= 15 is 0 Å². The lowest BCUT2D eigenvalue weighted by Crippen LogP contribution is -2.33. The van der Waals surface area contributed by atoms with Crippen LogP contribution in [0.25, 0.3) is 0 Å². The maximum absolute atomic E-state index is 12.4. The molecule has 0 aliphatic rings. The summed E-state index contributed by atoms with van der Waals surface area (Å²) in [6, 6.07) is 7.18. The summed E-state index contributed by atoms with van der Waals surface area (Å²) in [7, 11) is 0. The molecule has 0 aromatic heterocycles. The fourth-order valence-corrected chi connectivity index (χ4v) is 2.21. The number of rotatable bonds is 9. The number of nitrogens with zero attached hydrogens (tertiary/aromatic N) is 1. The Morgan fingerprint density at radius 1 is 1.00 bits per heavy atom. The van der Waals surface area contributed by atoms with Crippen LogP contribution in [0.1, 0.15) is 50.9 Å². The molecule has 1 aromatic carbocycles. The molecule has 0 atom stereocenters. The van der Waals surface area contributed by atoms with Crippen LogP contribution in [-0.4, -0.2) is 30.3 Å². The second-order valence-corrected chi connectivity index (χ2v) is 7.01. The number of hydrogen-bond acceptors (Lipinski definition) is 2. The van der Waals surface area contributed by atoms with Crippen molar-refractivity contribution in [1.29, 1.82) is 0 Å². The molecule has 0 bridgehead atoms. The van der Waals surface area contributed by atoms with Gasteiger partial charge in [0.15, 0.2) is 5.78 Å². The third-order valence-electron chi connectivity index (χ3n) is 3.58. The molecule has 3 heteroatoms. The Hall–Kier alpha value is -0.860. The molecule has 21 heavy (non-hydrogen) atoms. The maximum atomic E-state index is 12.4. The second-order valence-electron chi connectivity index (χ2n) is 6.57. The van der Waals surface area contributed by atoms with E-state index in [0.29, 0.717) is 23.4 Å². The van der Waals surface area contributed by atoms with Crippen LogP contribution >= 0.6 is 11.6 Å². The summed E-state index contributed by atoms with van der Waals surface area (Å²) in [5.74, 6) is 1.51. The van der Waals surface area contributed by atoms with E-state index in [9.17, 15) is 4.79 Å². The summed E-state index contributed by atoms with van der Waals surface area (Å²) < 4.78 is 0. The first-order chi connectivity index (χ1) is 9.88. The normalized spacial score (nSPS) is 11.6. The van der Waals surface area contributed by atoms with Gasteiger partial charge in [0.1, 0.15) is 0 Å². The SMILES string of the molecule is CC(C)CCN(CCC(C)C)CC(=O)c1ccc(Cl)cc1. The van der Waals surface area contributed by atoms with Crippen LogP contribution in [0.15, 0.2) is 24.3 Å². The molecule has 0 heterocycles. The van der Waals surface area contributed by atoms with Crippen LogP contribution in [0.2, 0.25) is 5.02 Å². The van der Waals surface area contributed by atoms with E-state index in [-0.39, 0.29) is 5.78 Å². The van der Waals surface area contributed by atoms with Crippen LogP contribution < -0.4 is 0 Å². The molecule has 0 aliphatic heterocycles. The molecule has 0 N–H and O–H groups in total. The summed E-state index contributed by atoms with van der Waals surface area (Å²) in [6.07, 6.45) is 2.26. The van der Waals surface area contributed by atoms with Gasteiger partial charge in [-0.05, 0) is 62.0 Å². The van der Waals surface area contributed by atoms with E-state index in [1.165, 1.54) is 0 Å². The van der Waals surface area contributed by atoms with Crippen molar-refractivity contribution in [3.8, 4) is 0 Å². The number of hydrogen-bond donors (Lipinski definition) is 0. The van der Waals surface area contributed by atoms with Crippen molar-refractivity contribution in [2.45, 2.75) is 40.5 Å². The zero-order valence-electron chi connectivity index (χ0n) is 13.7. The first-order valence-electron chi connectivity index (χ1n) is 7.89. The highest BCUT2D eigenvalue weighted by Crippen LogP contribution is 2.12. The Morgan fingerprint density at radius 3 is 1.90 bits per heavy atom. The summed E-state index contributed by atoms with van der Waals surface area (Å²) in [6.45, 7) is 11.4. The topological polar surface area (TPSA) is 20.3 Å². The van der Waals surface area contributed by atoms with Gasteiger partial charge in [0.25, 0.3) is 0 Å². The van der Waals surface area contributed by atoms with Crippen molar-refractivity contribution < 1.29 is 4.79 Å². The average molecular weight is 310 g/mol. The largest absolute Gasteiger partial charge is 0.296 e. The molecular formula is C18H28ClNO. The molecule has 0 spiro atoms. The molecule has 0 amide bonds. The Balaban J connectivity index is 2.60. The number of Topliss-reactive ketones (excluding diaryl/α,β-unsaturated/α-hetero) is 1.